The summed E-state index contributed by atoms with van der Waals surface area (Å²) in [6.45, 7) is 1.51. The summed E-state index contributed by atoms with van der Waals surface area (Å²) in [7, 11) is 0. The lowest BCUT2D eigenvalue weighted by Crippen LogP contribution is -2.45. The zero-order valence-electron chi connectivity index (χ0n) is 17.5. The number of hydrogen-bond donors (Lipinski definition) is 5. The molecule has 0 bridgehead atoms. The first-order valence-corrected chi connectivity index (χ1v) is 10.4. The number of primary amides is 2. The van der Waals surface area contributed by atoms with Crippen LogP contribution in [0.25, 0.3) is 0 Å². The van der Waals surface area contributed by atoms with E-state index in [2.05, 4.69) is 16.0 Å². The minimum absolute atomic E-state index is 0.0946. The number of urea groups is 1. The molecule has 1 unspecified atom stereocenters. The van der Waals surface area contributed by atoms with Crippen LogP contribution in [0.5, 0.6) is 0 Å². The van der Waals surface area contributed by atoms with Crippen molar-refractivity contribution in [3.63, 3.8) is 0 Å². The molecule has 0 aliphatic heterocycles. The molecule has 1 fully saturated rings. The van der Waals surface area contributed by atoms with E-state index in [1.807, 2.05) is 0 Å². The average Bonchev–Trinajstić information content (AvgIpc) is 3.23. The molecule has 1 saturated carbocycles. The highest BCUT2D eigenvalue weighted by molar-refractivity contribution is 5.87. The second-order valence-electron chi connectivity index (χ2n) is 7.25. The van der Waals surface area contributed by atoms with Crippen molar-refractivity contribution >= 4 is 23.8 Å². The maximum Gasteiger partial charge on any atom is 0.312 e. The number of nitrogens with one attached hydrogen (secondary N) is 3. The zero-order valence-corrected chi connectivity index (χ0v) is 17.5. The zero-order chi connectivity index (χ0) is 22.2. The summed E-state index contributed by atoms with van der Waals surface area (Å²) in [6.07, 6.45) is 5.72. The van der Waals surface area contributed by atoms with E-state index in [4.69, 9.17) is 20.9 Å². The van der Waals surface area contributed by atoms with Crippen LogP contribution in [0.3, 0.4) is 0 Å². The minimum atomic E-state index is -0.797. The maximum absolute atomic E-state index is 11.9. The number of amides is 5. The summed E-state index contributed by atoms with van der Waals surface area (Å²) in [4.78, 5) is 45.7. The van der Waals surface area contributed by atoms with Gasteiger partial charge in [0.25, 0.3) is 0 Å². The van der Waals surface area contributed by atoms with Crippen LogP contribution >= 0.6 is 0 Å². The van der Waals surface area contributed by atoms with Crippen molar-refractivity contribution in [3.05, 3.63) is 0 Å². The molecule has 1 aliphatic rings. The first-order valence-electron chi connectivity index (χ1n) is 10.4. The van der Waals surface area contributed by atoms with Crippen LogP contribution in [0.1, 0.15) is 44.9 Å². The standard InChI is InChI=1S/C19H35N5O6/c20-17(26)15(7-3-4-8-23-19(21)28)24-16(25)13-30-12-11-29-10-9-22-18(27)14-5-1-2-6-14/h14-15H,1-13H2,(H2,20,26)(H,22,27)(H,24,25)(H3,21,23,28). The Labute approximate surface area is 177 Å². The molecule has 11 heteroatoms. The highest BCUT2D eigenvalue weighted by Gasteiger charge is 2.22. The lowest BCUT2D eigenvalue weighted by atomic mass is 10.1. The summed E-state index contributed by atoms with van der Waals surface area (Å²) in [5.41, 5.74) is 10.3. The fraction of sp³-hybridized carbons (Fsp3) is 0.789. The topological polar surface area (TPSA) is 175 Å². The molecule has 0 aromatic heterocycles. The predicted molar refractivity (Wildman–Crippen MR) is 109 cm³/mol. The van der Waals surface area contributed by atoms with Gasteiger partial charge in [-0.3, -0.25) is 14.4 Å². The first kappa shape index (κ1) is 25.6. The highest BCUT2D eigenvalue weighted by Crippen LogP contribution is 2.24. The molecule has 172 valence electrons. The fourth-order valence-corrected chi connectivity index (χ4v) is 3.17. The number of rotatable bonds is 16. The van der Waals surface area contributed by atoms with Gasteiger partial charge in [0.05, 0.1) is 19.8 Å². The Morgan fingerprint density at radius 3 is 2.27 bits per heavy atom. The largest absolute Gasteiger partial charge is 0.377 e. The summed E-state index contributed by atoms with van der Waals surface area (Å²) < 4.78 is 10.6. The van der Waals surface area contributed by atoms with E-state index >= 15 is 0 Å². The van der Waals surface area contributed by atoms with E-state index in [0.29, 0.717) is 45.6 Å². The Morgan fingerprint density at radius 2 is 1.60 bits per heavy atom. The maximum atomic E-state index is 11.9. The van der Waals surface area contributed by atoms with E-state index in [-0.39, 0.29) is 25.0 Å². The van der Waals surface area contributed by atoms with Crippen LogP contribution in [-0.4, -0.2) is 69.3 Å². The summed E-state index contributed by atoms with van der Waals surface area (Å²) in [5.74, 6) is -0.841. The van der Waals surface area contributed by atoms with Crippen molar-refractivity contribution < 1.29 is 28.7 Å². The van der Waals surface area contributed by atoms with Crippen molar-refractivity contribution in [2.75, 3.05) is 39.5 Å². The van der Waals surface area contributed by atoms with Gasteiger partial charge in [0.2, 0.25) is 17.7 Å². The number of nitrogens with two attached hydrogens (primary N) is 2. The van der Waals surface area contributed by atoms with Gasteiger partial charge in [-0.25, -0.2) is 4.79 Å². The van der Waals surface area contributed by atoms with E-state index < -0.39 is 23.9 Å². The Kier molecular flexibility index (Phi) is 13.2. The molecule has 0 radical (unpaired) electrons. The van der Waals surface area contributed by atoms with Gasteiger partial charge in [-0.1, -0.05) is 12.8 Å². The number of unbranched alkanes of at least 4 members (excludes halogenated alkanes) is 1. The Morgan fingerprint density at radius 1 is 0.900 bits per heavy atom. The lowest BCUT2D eigenvalue weighted by molar-refractivity contribution is -0.131. The van der Waals surface area contributed by atoms with Crippen molar-refractivity contribution in [3.8, 4) is 0 Å². The van der Waals surface area contributed by atoms with Crippen molar-refractivity contribution in [1.82, 2.24) is 16.0 Å². The van der Waals surface area contributed by atoms with E-state index in [1.54, 1.807) is 0 Å². The van der Waals surface area contributed by atoms with Gasteiger partial charge in [-0.2, -0.15) is 0 Å². The predicted octanol–water partition coefficient (Wildman–Crippen LogP) is -0.865. The third-order valence-corrected chi connectivity index (χ3v) is 4.77. The molecule has 30 heavy (non-hydrogen) atoms. The van der Waals surface area contributed by atoms with Crippen LogP contribution in [0.2, 0.25) is 0 Å². The third-order valence-electron chi connectivity index (χ3n) is 4.77. The van der Waals surface area contributed by atoms with Gasteiger partial charge in [-0.05, 0) is 32.1 Å². The molecule has 0 heterocycles. The average molecular weight is 430 g/mol. The van der Waals surface area contributed by atoms with Gasteiger partial charge in [0, 0.05) is 19.0 Å². The first-order chi connectivity index (χ1) is 14.4. The number of carbonyl (C=O) groups is 4. The molecule has 1 rings (SSSR count). The molecule has 1 aliphatic carbocycles. The molecule has 0 spiro atoms. The molecular weight excluding hydrogens is 394 g/mol. The third kappa shape index (κ3) is 12.2. The van der Waals surface area contributed by atoms with Gasteiger partial charge in [0.15, 0.2) is 0 Å². The van der Waals surface area contributed by atoms with Gasteiger partial charge in [0.1, 0.15) is 12.6 Å². The highest BCUT2D eigenvalue weighted by atomic mass is 16.5. The van der Waals surface area contributed by atoms with Crippen LogP contribution < -0.4 is 27.4 Å². The summed E-state index contributed by atoms with van der Waals surface area (Å²) in [6, 6.07) is -1.40. The monoisotopic (exact) mass is 429 g/mol. The number of carbonyl (C=O) groups excluding carboxylic acids is 4. The lowest BCUT2D eigenvalue weighted by Gasteiger charge is -2.15. The molecule has 0 saturated heterocycles. The van der Waals surface area contributed by atoms with Crippen molar-refractivity contribution in [2.24, 2.45) is 17.4 Å². The van der Waals surface area contributed by atoms with Crippen molar-refractivity contribution in [1.29, 1.82) is 0 Å². The van der Waals surface area contributed by atoms with E-state index in [1.165, 1.54) is 0 Å². The summed E-state index contributed by atoms with van der Waals surface area (Å²) >= 11 is 0. The van der Waals surface area contributed by atoms with Gasteiger partial charge >= 0.3 is 6.03 Å². The Balaban J connectivity index is 2.01. The van der Waals surface area contributed by atoms with Crippen LogP contribution in [0.4, 0.5) is 4.79 Å². The Hall–Kier alpha value is -2.40. The molecule has 7 N–H and O–H groups in total. The molecule has 11 nitrogen and oxygen atoms in total. The second kappa shape index (κ2) is 15.4. The van der Waals surface area contributed by atoms with Crippen LogP contribution in [-0.2, 0) is 23.9 Å². The SMILES string of the molecule is NC(=O)NCCCCC(NC(=O)COCCOCCNC(=O)C1CCCC1)C(N)=O. The number of ether oxygens (including phenoxy) is 2. The van der Waals surface area contributed by atoms with Gasteiger partial charge < -0.3 is 36.9 Å². The Bertz CT molecular complexity index is 554. The van der Waals surface area contributed by atoms with Gasteiger partial charge in [-0.15, -0.1) is 0 Å². The quantitative estimate of drug-likeness (QED) is 0.199. The van der Waals surface area contributed by atoms with Crippen LogP contribution in [0.15, 0.2) is 0 Å². The molecule has 0 aromatic rings. The molecule has 0 aromatic carbocycles. The molecule has 5 amide bonds. The minimum Gasteiger partial charge on any atom is -0.377 e. The van der Waals surface area contributed by atoms with Crippen molar-refractivity contribution in [2.45, 2.75) is 51.0 Å². The summed E-state index contributed by atoms with van der Waals surface area (Å²) in [5, 5.41) is 7.83. The normalized spacial score (nSPS) is 14.8. The number of hydrogen-bond acceptors (Lipinski definition) is 6. The fourth-order valence-electron chi connectivity index (χ4n) is 3.17. The van der Waals surface area contributed by atoms with E-state index in [0.717, 1.165) is 25.7 Å². The molecule has 1 atom stereocenters. The van der Waals surface area contributed by atoms with Crippen LogP contribution in [0, 0.1) is 5.92 Å². The smallest absolute Gasteiger partial charge is 0.312 e. The molecular formula is C19H35N5O6. The second-order valence-corrected chi connectivity index (χ2v) is 7.25. The van der Waals surface area contributed by atoms with E-state index in [9.17, 15) is 19.2 Å².